The van der Waals surface area contributed by atoms with Gasteiger partial charge in [-0.3, -0.25) is 0 Å². The van der Waals surface area contributed by atoms with Crippen molar-refractivity contribution in [2.24, 2.45) is 5.92 Å². The normalized spacial score (nSPS) is 23.1. The molecule has 1 saturated carbocycles. The highest BCUT2D eigenvalue weighted by atomic mass is 35.5. The van der Waals surface area contributed by atoms with Gasteiger partial charge in [0.15, 0.2) is 0 Å². The van der Waals surface area contributed by atoms with Gasteiger partial charge < -0.3 is 15.5 Å². The van der Waals surface area contributed by atoms with Crippen molar-refractivity contribution in [3.05, 3.63) is 22.8 Å². The quantitative estimate of drug-likeness (QED) is 0.740. The van der Waals surface area contributed by atoms with Crippen LogP contribution in [0.5, 0.6) is 0 Å². The lowest BCUT2D eigenvalue weighted by Gasteiger charge is -2.25. The van der Waals surface area contributed by atoms with Crippen molar-refractivity contribution in [2.45, 2.75) is 31.8 Å². The number of nitrogens with zero attached hydrogens (tertiary/aromatic N) is 1. The molecule has 1 heterocycles. The molecule has 5 nitrogen and oxygen atoms in total. The third-order valence-corrected chi connectivity index (χ3v) is 3.62. The lowest BCUT2D eigenvalue weighted by atomic mass is 9.87. The Morgan fingerprint density at radius 3 is 2.68 bits per heavy atom. The minimum atomic E-state index is -1.02. The van der Waals surface area contributed by atoms with E-state index in [0.29, 0.717) is 11.7 Å². The van der Waals surface area contributed by atoms with Gasteiger partial charge in [-0.1, -0.05) is 11.6 Å². The first-order valence-electron chi connectivity index (χ1n) is 6.37. The molecule has 6 heteroatoms. The van der Waals surface area contributed by atoms with E-state index in [-0.39, 0.29) is 16.8 Å². The molecule has 0 aromatic carbocycles. The maximum atomic E-state index is 10.9. The van der Waals surface area contributed by atoms with Crippen molar-refractivity contribution in [3.63, 3.8) is 0 Å². The number of carboxylic acids is 1. The fraction of sp³-hybridized carbons (Fsp3) is 0.538. The van der Waals surface area contributed by atoms with Crippen molar-refractivity contribution >= 4 is 23.4 Å². The van der Waals surface area contributed by atoms with Gasteiger partial charge in [-0.2, -0.15) is 0 Å². The topological polar surface area (TPSA) is 82.5 Å². The Labute approximate surface area is 116 Å². The van der Waals surface area contributed by atoms with Crippen LogP contribution in [-0.4, -0.2) is 33.8 Å². The number of aliphatic hydroxyl groups excluding tert-OH is 1. The van der Waals surface area contributed by atoms with E-state index in [1.807, 2.05) is 0 Å². The number of pyridine rings is 1. The monoisotopic (exact) mass is 284 g/mol. The summed E-state index contributed by atoms with van der Waals surface area (Å²) < 4.78 is 0. The molecule has 0 bridgehead atoms. The van der Waals surface area contributed by atoms with Gasteiger partial charge >= 0.3 is 5.97 Å². The SMILES string of the molecule is O=C(O)c1cc(Cl)nc(NCC2CCC(O)CC2)c1. The highest BCUT2D eigenvalue weighted by Gasteiger charge is 2.19. The second-order valence-corrected chi connectivity index (χ2v) is 5.31. The molecule has 0 atom stereocenters. The van der Waals surface area contributed by atoms with E-state index in [1.165, 1.54) is 12.1 Å². The molecule has 1 aliphatic carbocycles. The molecule has 0 radical (unpaired) electrons. The molecule has 1 aromatic heterocycles. The number of rotatable bonds is 4. The lowest BCUT2D eigenvalue weighted by Crippen LogP contribution is -2.23. The number of carbonyl (C=O) groups is 1. The molecule has 3 N–H and O–H groups in total. The van der Waals surface area contributed by atoms with E-state index in [2.05, 4.69) is 10.3 Å². The largest absolute Gasteiger partial charge is 0.478 e. The predicted octanol–water partition coefficient (Wildman–Crippen LogP) is 2.40. The number of anilines is 1. The van der Waals surface area contributed by atoms with Gasteiger partial charge in [-0.05, 0) is 43.7 Å². The van der Waals surface area contributed by atoms with Gasteiger partial charge in [0.1, 0.15) is 11.0 Å². The van der Waals surface area contributed by atoms with E-state index in [1.54, 1.807) is 0 Å². The van der Waals surface area contributed by atoms with Crippen molar-refractivity contribution in [1.29, 1.82) is 0 Å². The number of hydrogen-bond acceptors (Lipinski definition) is 4. The lowest BCUT2D eigenvalue weighted by molar-refractivity contribution is 0.0696. The zero-order valence-electron chi connectivity index (χ0n) is 10.5. The van der Waals surface area contributed by atoms with Crippen LogP contribution in [0.1, 0.15) is 36.0 Å². The van der Waals surface area contributed by atoms with Gasteiger partial charge in [-0.15, -0.1) is 0 Å². The minimum Gasteiger partial charge on any atom is -0.478 e. The highest BCUT2D eigenvalue weighted by Crippen LogP contribution is 2.24. The first-order valence-corrected chi connectivity index (χ1v) is 6.75. The van der Waals surface area contributed by atoms with Crippen LogP contribution in [0.3, 0.4) is 0 Å². The van der Waals surface area contributed by atoms with E-state index in [4.69, 9.17) is 16.7 Å². The Bertz CT molecular complexity index is 459. The zero-order valence-corrected chi connectivity index (χ0v) is 11.2. The van der Waals surface area contributed by atoms with Crippen molar-refractivity contribution in [1.82, 2.24) is 4.98 Å². The van der Waals surface area contributed by atoms with Gasteiger partial charge in [0.25, 0.3) is 0 Å². The fourth-order valence-electron chi connectivity index (χ4n) is 2.31. The van der Waals surface area contributed by atoms with Gasteiger partial charge in [-0.25, -0.2) is 9.78 Å². The fourth-order valence-corrected chi connectivity index (χ4v) is 2.52. The summed E-state index contributed by atoms with van der Waals surface area (Å²) in [4.78, 5) is 15.0. The Morgan fingerprint density at radius 2 is 2.05 bits per heavy atom. The molecule has 19 heavy (non-hydrogen) atoms. The number of aromatic nitrogens is 1. The molecule has 0 saturated heterocycles. The summed E-state index contributed by atoms with van der Waals surface area (Å²) in [6.45, 7) is 0.721. The van der Waals surface area contributed by atoms with Crippen molar-refractivity contribution in [2.75, 3.05) is 11.9 Å². The molecule has 0 amide bonds. The van der Waals surface area contributed by atoms with E-state index >= 15 is 0 Å². The van der Waals surface area contributed by atoms with E-state index in [0.717, 1.165) is 32.2 Å². The molecule has 1 aromatic rings. The van der Waals surface area contributed by atoms with Gasteiger partial charge in [0.2, 0.25) is 0 Å². The molecule has 2 rings (SSSR count). The maximum absolute atomic E-state index is 10.9. The number of aliphatic hydroxyl groups is 1. The molecular weight excluding hydrogens is 268 g/mol. The zero-order chi connectivity index (χ0) is 13.8. The van der Waals surface area contributed by atoms with Crippen LogP contribution in [0.15, 0.2) is 12.1 Å². The van der Waals surface area contributed by atoms with Crippen LogP contribution >= 0.6 is 11.6 Å². The second-order valence-electron chi connectivity index (χ2n) is 4.92. The first-order chi connectivity index (χ1) is 9.04. The summed E-state index contributed by atoms with van der Waals surface area (Å²) in [5.41, 5.74) is 0.126. The van der Waals surface area contributed by atoms with Gasteiger partial charge in [0, 0.05) is 6.54 Å². The minimum absolute atomic E-state index is 0.126. The highest BCUT2D eigenvalue weighted by molar-refractivity contribution is 6.29. The molecule has 0 unspecified atom stereocenters. The summed E-state index contributed by atoms with van der Waals surface area (Å²) in [7, 11) is 0. The molecule has 104 valence electrons. The summed E-state index contributed by atoms with van der Waals surface area (Å²) in [6, 6.07) is 2.80. The Kier molecular flexibility index (Phi) is 4.61. The summed E-state index contributed by atoms with van der Waals surface area (Å²) in [6.07, 6.45) is 3.44. The van der Waals surface area contributed by atoms with Crippen LogP contribution in [0.2, 0.25) is 5.15 Å². The van der Waals surface area contributed by atoms with E-state index in [9.17, 15) is 9.90 Å². The average Bonchev–Trinajstić information content (AvgIpc) is 2.37. The second kappa shape index (κ2) is 6.21. The van der Waals surface area contributed by atoms with Crippen LogP contribution in [0, 0.1) is 5.92 Å². The third kappa shape index (κ3) is 4.08. The molecule has 0 spiro atoms. The number of carboxylic acid groups (broad SMARTS) is 1. The van der Waals surface area contributed by atoms with Crippen LogP contribution in [-0.2, 0) is 0 Å². The summed E-state index contributed by atoms with van der Waals surface area (Å²) >= 11 is 5.79. The number of halogens is 1. The Hall–Kier alpha value is -1.33. The number of hydrogen-bond donors (Lipinski definition) is 3. The Morgan fingerprint density at radius 1 is 1.37 bits per heavy atom. The summed E-state index contributed by atoms with van der Waals surface area (Å²) in [5, 5.41) is 21.7. The van der Waals surface area contributed by atoms with Crippen LogP contribution in [0.4, 0.5) is 5.82 Å². The van der Waals surface area contributed by atoms with Gasteiger partial charge in [0.05, 0.1) is 11.7 Å². The van der Waals surface area contributed by atoms with Crippen molar-refractivity contribution in [3.8, 4) is 0 Å². The number of aromatic carboxylic acids is 1. The molecule has 0 aliphatic heterocycles. The van der Waals surface area contributed by atoms with Crippen molar-refractivity contribution < 1.29 is 15.0 Å². The van der Waals surface area contributed by atoms with Crippen LogP contribution < -0.4 is 5.32 Å². The third-order valence-electron chi connectivity index (χ3n) is 3.43. The predicted molar refractivity (Wildman–Crippen MR) is 72.7 cm³/mol. The molecule has 1 aliphatic rings. The van der Waals surface area contributed by atoms with Crippen LogP contribution in [0.25, 0.3) is 0 Å². The maximum Gasteiger partial charge on any atom is 0.335 e. The average molecular weight is 285 g/mol. The number of nitrogens with one attached hydrogen (secondary N) is 1. The Balaban J connectivity index is 1.94. The standard InChI is InChI=1S/C13H17ClN2O3/c14-11-5-9(13(18)19)6-12(16-11)15-7-8-1-3-10(17)4-2-8/h5-6,8,10,17H,1-4,7H2,(H,15,16)(H,18,19). The smallest absolute Gasteiger partial charge is 0.335 e. The molecule has 1 fully saturated rings. The van der Waals surface area contributed by atoms with E-state index < -0.39 is 5.97 Å². The first kappa shape index (κ1) is 14.1. The molecular formula is C13H17ClN2O3. The summed E-state index contributed by atoms with van der Waals surface area (Å²) in [5.74, 6) is -0.0541.